The van der Waals surface area contributed by atoms with Crippen molar-refractivity contribution in [2.24, 2.45) is 7.05 Å². The highest BCUT2D eigenvalue weighted by atomic mass is 16.2. The van der Waals surface area contributed by atoms with Crippen molar-refractivity contribution < 1.29 is 9.59 Å². The van der Waals surface area contributed by atoms with Crippen LogP contribution in [0.25, 0.3) is 5.82 Å². The predicted molar refractivity (Wildman–Crippen MR) is 92.3 cm³/mol. The second-order valence-corrected chi connectivity index (χ2v) is 5.81. The fourth-order valence-electron chi connectivity index (χ4n) is 2.60. The molecule has 0 aliphatic rings. The molecule has 0 saturated carbocycles. The smallest absolute Gasteiger partial charge is 0.256 e. The minimum atomic E-state index is -0.228. The van der Waals surface area contributed by atoms with Gasteiger partial charge in [0.25, 0.3) is 5.91 Å². The molecule has 7 nitrogen and oxygen atoms in total. The molecule has 0 spiro atoms. The first-order valence-corrected chi connectivity index (χ1v) is 8.18. The van der Waals surface area contributed by atoms with Gasteiger partial charge >= 0.3 is 0 Å². The number of nitrogens with one attached hydrogen (secondary N) is 2. The lowest BCUT2D eigenvalue weighted by molar-refractivity contribution is -0.120. The molecule has 0 saturated heterocycles. The van der Waals surface area contributed by atoms with Crippen LogP contribution in [0.5, 0.6) is 0 Å². The van der Waals surface area contributed by atoms with Crippen molar-refractivity contribution in [3.05, 3.63) is 35.3 Å². The van der Waals surface area contributed by atoms with Crippen LogP contribution in [0.2, 0.25) is 0 Å². The lowest BCUT2D eigenvalue weighted by atomic mass is 10.2. The summed E-state index contributed by atoms with van der Waals surface area (Å²) in [7, 11) is 1.81. The zero-order valence-corrected chi connectivity index (χ0v) is 14.7. The van der Waals surface area contributed by atoms with E-state index < -0.39 is 0 Å². The van der Waals surface area contributed by atoms with Gasteiger partial charge in [-0.3, -0.25) is 14.3 Å². The van der Waals surface area contributed by atoms with Crippen LogP contribution in [0, 0.1) is 13.8 Å². The highest BCUT2D eigenvalue weighted by Gasteiger charge is 2.19. The van der Waals surface area contributed by atoms with Crippen LogP contribution in [-0.4, -0.2) is 39.3 Å². The van der Waals surface area contributed by atoms with Crippen molar-refractivity contribution in [3.63, 3.8) is 0 Å². The van der Waals surface area contributed by atoms with Crippen molar-refractivity contribution >= 4 is 11.8 Å². The van der Waals surface area contributed by atoms with Crippen LogP contribution in [0.3, 0.4) is 0 Å². The van der Waals surface area contributed by atoms with E-state index >= 15 is 0 Å². The average molecular weight is 331 g/mol. The second-order valence-electron chi connectivity index (χ2n) is 5.81. The molecule has 0 radical (unpaired) electrons. The summed E-state index contributed by atoms with van der Waals surface area (Å²) >= 11 is 0. The van der Waals surface area contributed by atoms with E-state index in [2.05, 4.69) is 15.7 Å². The molecule has 2 aromatic rings. The van der Waals surface area contributed by atoms with Crippen molar-refractivity contribution in [2.75, 3.05) is 13.1 Å². The number of aryl methyl sites for hydroxylation is 3. The van der Waals surface area contributed by atoms with Crippen LogP contribution in [0.4, 0.5) is 0 Å². The van der Waals surface area contributed by atoms with Crippen LogP contribution < -0.4 is 10.6 Å². The lowest BCUT2D eigenvalue weighted by Gasteiger charge is -2.12. The van der Waals surface area contributed by atoms with Crippen LogP contribution in [0.1, 0.15) is 41.5 Å². The number of nitrogens with zero attached hydrogens (tertiary/aromatic N) is 3. The van der Waals surface area contributed by atoms with E-state index in [1.54, 1.807) is 10.9 Å². The molecule has 0 aliphatic carbocycles. The van der Waals surface area contributed by atoms with Gasteiger partial charge in [-0.25, -0.2) is 0 Å². The summed E-state index contributed by atoms with van der Waals surface area (Å²) in [5.41, 5.74) is 2.56. The summed E-state index contributed by atoms with van der Waals surface area (Å²) in [6, 6.07) is 4.00. The maximum atomic E-state index is 12.5. The van der Waals surface area contributed by atoms with Gasteiger partial charge in [0, 0.05) is 37.9 Å². The van der Waals surface area contributed by atoms with E-state index in [9.17, 15) is 9.59 Å². The third-order valence-electron chi connectivity index (χ3n) is 3.84. The Hall–Kier alpha value is -2.57. The summed E-state index contributed by atoms with van der Waals surface area (Å²) in [5.74, 6) is 0.442. The lowest BCUT2D eigenvalue weighted by Crippen LogP contribution is -2.31. The molecule has 0 aromatic carbocycles. The average Bonchev–Trinajstić information content (AvgIpc) is 3.07. The molecule has 2 heterocycles. The molecular formula is C17H25N5O2. The van der Waals surface area contributed by atoms with Gasteiger partial charge in [-0.05, 0) is 32.4 Å². The molecule has 2 rings (SSSR count). The Labute approximate surface area is 142 Å². The topological polar surface area (TPSA) is 81.0 Å². The summed E-state index contributed by atoms with van der Waals surface area (Å²) in [6.45, 7) is 6.93. The van der Waals surface area contributed by atoms with Gasteiger partial charge in [0.05, 0.1) is 6.20 Å². The number of amides is 2. The quantitative estimate of drug-likeness (QED) is 0.806. The predicted octanol–water partition coefficient (Wildman–Crippen LogP) is 1.47. The van der Waals surface area contributed by atoms with E-state index in [0.717, 1.165) is 23.6 Å². The molecule has 24 heavy (non-hydrogen) atoms. The Balaban J connectivity index is 2.08. The molecule has 0 bridgehead atoms. The number of rotatable bonds is 7. The van der Waals surface area contributed by atoms with Gasteiger partial charge in [0.1, 0.15) is 11.4 Å². The fourth-order valence-corrected chi connectivity index (χ4v) is 2.60. The van der Waals surface area contributed by atoms with Crippen molar-refractivity contribution in [1.29, 1.82) is 0 Å². The first kappa shape index (κ1) is 17.8. The SMILES string of the molecule is CCCNC(=O)CCNC(=O)c1cnn(C)c1-n1c(C)ccc1C. The summed E-state index contributed by atoms with van der Waals surface area (Å²) in [6.07, 6.45) is 2.72. The largest absolute Gasteiger partial charge is 0.356 e. The molecule has 2 N–H and O–H groups in total. The summed E-state index contributed by atoms with van der Waals surface area (Å²) < 4.78 is 3.68. The van der Waals surface area contributed by atoms with Gasteiger partial charge in [-0.2, -0.15) is 5.10 Å². The maximum absolute atomic E-state index is 12.5. The van der Waals surface area contributed by atoms with Crippen LogP contribution >= 0.6 is 0 Å². The zero-order chi connectivity index (χ0) is 17.7. The molecule has 2 amide bonds. The second kappa shape index (κ2) is 7.81. The number of hydrogen-bond acceptors (Lipinski definition) is 3. The standard InChI is InChI=1S/C17H25N5O2/c1-5-9-18-15(23)8-10-19-16(24)14-11-20-21(4)17(14)22-12(2)6-7-13(22)3/h6-7,11H,5,8-10H2,1-4H3,(H,18,23)(H,19,24). The fraction of sp³-hybridized carbons (Fsp3) is 0.471. The Morgan fingerprint density at radius 3 is 2.42 bits per heavy atom. The monoisotopic (exact) mass is 331 g/mol. The Kier molecular flexibility index (Phi) is 5.78. The third-order valence-corrected chi connectivity index (χ3v) is 3.84. The summed E-state index contributed by atoms with van der Waals surface area (Å²) in [4.78, 5) is 24.1. The number of hydrogen-bond donors (Lipinski definition) is 2. The molecular weight excluding hydrogens is 306 g/mol. The molecule has 7 heteroatoms. The van der Waals surface area contributed by atoms with E-state index in [4.69, 9.17) is 0 Å². The van der Waals surface area contributed by atoms with Crippen molar-refractivity contribution in [1.82, 2.24) is 25.0 Å². The van der Waals surface area contributed by atoms with Crippen LogP contribution in [-0.2, 0) is 11.8 Å². The molecule has 0 atom stereocenters. The third kappa shape index (κ3) is 3.84. The number of carbonyl (C=O) groups is 2. The van der Waals surface area contributed by atoms with Gasteiger partial charge in [0.15, 0.2) is 0 Å². The Morgan fingerprint density at radius 2 is 1.79 bits per heavy atom. The molecule has 130 valence electrons. The van der Waals surface area contributed by atoms with Gasteiger partial charge in [0.2, 0.25) is 5.91 Å². The molecule has 0 aliphatic heterocycles. The van der Waals surface area contributed by atoms with E-state index in [1.165, 1.54) is 0 Å². The van der Waals surface area contributed by atoms with Crippen molar-refractivity contribution in [2.45, 2.75) is 33.6 Å². The van der Waals surface area contributed by atoms with E-state index in [1.807, 2.05) is 44.5 Å². The molecule has 2 aromatic heterocycles. The van der Waals surface area contributed by atoms with E-state index in [0.29, 0.717) is 18.7 Å². The van der Waals surface area contributed by atoms with E-state index in [-0.39, 0.29) is 18.2 Å². The highest BCUT2D eigenvalue weighted by molar-refractivity contribution is 5.97. The first-order valence-electron chi connectivity index (χ1n) is 8.18. The maximum Gasteiger partial charge on any atom is 0.256 e. The van der Waals surface area contributed by atoms with Crippen molar-refractivity contribution in [3.8, 4) is 5.82 Å². The van der Waals surface area contributed by atoms with Gasteiger partial charge in [-0.15, -0.1) is 0 Å². The zero-order valence-electron chi connectivity index (χ0n) is 14.7. The number of carbonyl (C=O) groups excluding carboxylic acids is 2. The Morgan fingerprint density at radius 1 is 1.12 bits per heavy atom. The summed E-state index contributed by atoms with van der Waals surface area (Å²) in [5, 5.41) is 9.80. The minimum Gasteiger partial charge on any atom is -0.356 e. The van der Waals surface area contributed by atoms with Gasteiger partial charge in [-0.1, -0.05) is 6.92 Å². The highest BCUT2D eigenvalue weighted by Crippen LogP contribution is 2.19. The van der Waals surface area contributed by atoms with Crippen LogP contribution in [0.15, 0.2) is 18.3 Å². The van der Waals surface area contributed by atoms with Gasteiger partial charge < -0.3 is 15.2 Å². The first-order chi connectivity index (χ1) is 11.5. The molecule has 0 unspecified atom stereocenters. The Bertz CT molecular complexity index is 710. The normalized spacial score (nSPS) is 10.7. The number of aromatic nitrogens is 3. The minimum absolute atomic E-state index is 0.0549. The molecule has 0 fully saturated rings.